The summed E-state index contributed by atoms with van der Waals surface area (Å²) in [7, 11) is 0. The van der Waals surface area contributed by atoms with Gasteiger partial charge in [-0.1, -0.05) is 35.9 Å². The van der Waals surface area contributed by atoms with Crippen molar-refractivity contribution in [1.29, 1.82) is 0 Å². The third-order valence-electron chi connectivity index (χ3n) is 4.37. The molecule has 1 N–H and O–H groups in total. The summed E-state index contributed by atoms with van der Waals surface area (Å²) in [6.45, 7) is 5.53. The topological polar surface area (TPSA) is 39.7 Å². The molecule has 0 spiro atoms. The van der Waals surface area contributed by atoms with Crippen LogP contribution >= 0.6 is 24.0 Å². The molecule has 0 aromatic heterocycles. The van der Waals surface area contributed by atoms with Gasteiger partial charge in [-0.05, 0) is 43.5 Å². The summed E-state index contributed by atoms with van der Waals surface area (Å²) in [6, 6.07) is 13.8. The van der Waals surface area contributed by atoms with Crippen LogP contribution < -0.4 is 14.8 Å². The number of benzene rings is 2. The van der Waals surface area contributed by atoms with Crippen LogP contribution in [0.4, 0.5) is 0 Å². The van der Waals surface area contributed by atoms with Crippen molar-refractivity contribution in [2.75, 3.05) is 19.8 Å². The minimum Gasteiger partial charge on any atom is -0.490 e. The highest BCUT2D eigenvalue weighted by Gasteiger charge is 2.14. The Kier molecular flexibility index (Phi) is 9.22. The van der Waals surface area contributed by atoms with Gasteiger partial charge in [0.15, 0.2) is 11.5 Å². The standard InChI is InChI=1S/C21H26ClNO3.ClH/c1-2-24-21-12-16(13-23-14-18-7-5-11-25-18)9-10-20(21)26-15-17-6-3-4-8-19(17)22;/h3-4,6,8-10,12,18,23H,2,5,7,11,13-15H2,1H3;1H. The van der Waals surface area contributed by atoms with Gasteiger partial charge in [0.25, 0.3) is 0 Å². The molecule has 27 heavy (non-hydrogen) atoms. The molecule has 1 unspecified atom stereocenters. The van der Waals surface area contributed by atoms with Gasteiger partial charge in [-0.2, -0.15) is 0 Å². The average molecular weight is 412 g/mol. The second-order valence-electron chi connectivity index (χ2n) is 6.36. The molecule has 0 amide bonds. The summed E-state index contributed by atoms with van der Waals surface area (Å²) >= 11 is 6.20. The van der Waals surface area contributed by atoms with Crippen LogP contribution in [-0.4, -0.2) is 25.9 Å². The largest absolute Gasteiger partial charge is 0.490 e. The first-order valence-corrected chi connectivity index (χ1v) is 9.58. The maximum atomic E-state index is 6.20. The van der Waals surface area contributed by atoms with Crippen molar-refractivity contribution in [2.24, 2.45) is 0 Å². The third-order valence-corrected chi connectivity index (χ3v) is 4.74. The fraction of sp³-hybridized carbons (Fsp3) is 0.429. The summed E-state index contributed by atoms with van der Waals surface area (Å²) in [5.74, 6) is 1.49. The van der Waals surface area contributed by atoms with Crippen LogP contribution in [0.25, 0.3) is 0 Å². The molecule has 1 aliphatic rings. The minimum absolute atomic E-state index is 0. The average Bonchev–Trinajstić information content (AvgIpc) is 3.16. The summed E-state index contributed by atoms with van der Waals surface area (Å²) in [4.78, 5) is 0. The van der Waals surface area contributed by atoms with Gasteiger partial charge < -0.3 is 19.5 Å². The van der Waals surface area contributed by atoms with E-state index in [0.717, 1.165) is 55.2 Å². The van der Waals surface area contributed by atoms with Crippen molar-refractivity contribution in [3.05, 3.63) is 58.6 Å². The first-order valence-electron chi connectivity index (χ1n) is 9.20. The number of ether oxygens (including phenoxy) is 3. The van der Waals surface area contributed by atoms with E-state index in [-0.39, 0.29) is 12.4 Å². The zero-order valence-electron chi connectivity index (χ0n) is 15.6. The third kappa shape index (κ3) is 6.58. The number of hydrogen-bond donors (Lipinski definition) is 1. The highest BCUT2D eigenvalue weighted by Crippen LogP contribution is 2.30. The molecule has 1 atom stereocenters. The molecular formula is C21H27Cl2NO3. The van der Waals surface area contributed by atoms with Crippen molar-refractivity contribution in [1.82, 2.24) is 5.32 Å². The number of nitrogens with one attached hydrogen (secondary N) is 1. The molecule has 3 rings (SSSR count). The number of rotatable bonds is 9. The lowest BCUT2D eigenvalue weighted by Gasteiger charge is -2.15. The number of halogens is 2. The monoisotopic (exact) mass is 411 g/mol. The Morgan fingerprint density at radius 2 is 2.00 bits per heavy atom. The molecule has 2 aromatic carbocycles. The second-order valence-corrected chi connectivity index (χ2v) is 6.77. The van der Waals surface area contributed by atoms with E-state index in [1.807, 2.05) is 43.3 Å². The van der Waals surface area contributed by atoms with Crippen molar-refractivity contribution in [2.45, 2.75) is 39.0 Å². The van der Waals surface area contributed by atoms with Gasteiger partial charge in [-0.3, -0.25) is 0 Å². The van der Waals surface area contributed by atoms with Gasteiger partial charge in [0, 0.05) is 30.3 Å². The first kappa shape index (κ1) is 21.8. The van der Waals surface area contributed by atoms with Crippen molar-refractivity contribution in [3.8, 4) is 11.5 Å². The fourth-order valence-electron chi connectivity index (χ4n) is 3.00. The molecule has 0 bridgehead atoms. The van der Waals surface area contributed by atoms with E-state index in [1.165, 1.54) is 0 Å². The Morgan fingerprint density at radius 3 is 2.74 bits per heavy atom. The Labute approximate surface area is 172 Å². The van der Waals surface area contributed by atoms with E-state index in [1.54, 1.807) is 0 Å². The molecule has 1 aliphatic heterocycles. The molecule has 1 heterocycles. The summed E-state index contributed by atoms with van der Waals surface area (Å²) in [5, 5.41) is 4.17. The van der Waals surface area contributed by atoms with Crippen LogP contribution in [0.15, 0.2) is 42.5 Å². The summed E-state index contributed by atoms with van der Waals surface area (Å²) < 4.78 is 17.4. The molecule has 2 aromatic rings. The normalized spacial score (nSPS) is 16.0. The molecule has 0 saturated carbocycles. The Hall–Kier alpha value is -1.46. The van der Waals surface area contributed by atoms with Gasteiger partial charge in [-0.25, -0.2) is 0 Å². The molecule has 4 nitrogen and oxygen atoms in total. The van der Waals surface area contributed by atoms with Crippen LogP contribution in [0, 0.1) is 0 Å². The van der Waals surface area contributed by atoms with Gasteiger partial charge in [0.1, 0.15) is 6.61 Å². The quantitative estimate of drug-likeness (QED) is 0.629. The summed E-state index contributed by atoms with van der Waals surface area (Å²) in [5.41, 5.74) is 2.12. The highest BCUT2D eigenvalue weighted by atomic mass is 35.5. The molecule has 6 heteroatoms. The van der Waals surface area contributed by atoms with Crippen molar-refractivity contribution >= 4 is 24.0 Å². The molecule has 148 valence electrons. The van der Waals surface area contributed by atoms with Gasteiger partial charge in [0.2, 0.25) is 0 Å². The van der Waals surface area contributed by atoms with Crippen LogP contribution in [0.2, 0.25) is 5.02 Å². The lowest BCUT2D eigenvalue weighted by molar-refractivity contribution is 0.110. The Balaban J connectivity index is 0.00000261. The zero-order valence-corrected chi connectivity index (χ0v) is 17.2. The van der Waals surface area contributed by atoms with Crippen LogP contribution in [0.5, 0.6) is 11.5 Å². The SMILES string of the molecule is CCOc1cc(CNCC2CCCO2)ccc1OCc1ccccc1Cl.Cl. The minimum atomic E-state index is 0. The zero-order chi connectivity index (χ0) is 18.2. The van der Waals surface area contributed by atoms with Gasteiger partial charge in [-0.15, -0.1) is 12.4 Å². The highest BCUT2D eigenvalue weighted by molar-refractivity contribution is 6.31. The maximum Gasteiger partial charge on any atom is 0.161 e. The predicted octanol–water partition coefficient (Wildman–Crippen LogP) is 5.01. The van der Waals surface area contributed by atoms with E-state index in [0.29, 0.717) is 24.3 Å². The van der Waals surface area contributed by atoms with Crippen molar-refractivity contribution in [3.63, 3.8) is 0 Å². The van der Waals surface area contributed by atoms with E-state index in [9.17, 15) is 0 Å². The van der Waals surface area contributed by atoms with Crippen molar-refractivity contribution < 1.29 is 14.2 Å². The molecule has 0 radical (unpaired) electrons. The Bertz CT molecular complexity index is 706. The maximum absolute atomic E-state index is 6.20. The lowest BCUT2D eigenvalue weighted by atomic mass is 10.2. The van der Waals surface area contributed by atoms with E-state index in [4.69, 9.17) is 25.8 Å². The fourth-order valence-corrected chi connectivity index (χ4v) is 3.19. The van der Waals surface area contributed by atoms with Gasteiger partial charge in [0.05, 0.1) is 12.7 Å². The van der Waals surface area contributed by atoms with E-state index >= 15 is 0 Å². The first-order chi connectivity index (χ1) is 12.8. The molecule has 1 saturated heterocycles. The van der Waals surface area contributed by atoms with Crippen LogP contribution in [-0.2, 0) is 17.9 Å². The van der Waals surface area contributed by atoms with E-state index in [2.05, 4.69) is 11.4 Å². The lowest BCUT2D eigenvalue weighted by Crippen LogP contribution is -2.25. The second kappa shape index (κ2) is 11.4. The molecule has 1 fully saturated rings. The van der Waals surface area contributed by atoms with E-state index < -0.39 is 0 Å². The predicted molar refractivity (Wildman–Crippen MR) is 111 cm³/mol. The van der Waals surface area contributed by atoms with Crippen LogP contribution in [0.1, 0.15) is 30.9 Å². The van der Waals surface area contributed by atoms with Gasteiger partial charge >= 0.3 is 0 Å². The molecule has 0 aliphatic carbocycles. The Morgan fingerprint density at radius 1 is 1.15 bits per heavy atom. The summed E-state index contributed by atoms with van der Waals surface area (Å²) in [6.07, 6.45) is 2.66. The van der Waals surface area contributed by atoms with Crippen LogP contribution in [0.3, 0.4) is 0 Å². The molecular weight excluding hydrogens is 385 g/mol. The smallest absolute Gasteiger partial charge is 0.161 e. The number of hydrogen-bond acceptors (Lipinski definition) is 4.